The third-order valence-corrected chi connectivity index (χ3v) is 5.71. The van der Waals surface area contributed by atoms with E-state index < -0.39 is 0 Å². The third-order valence-electron chi connectivity index (χ3n) is 3.83. The number of amides is 1. The maximum absolute atomic E-state index is 12.6. The van der Waals surface area contributed by atoms with Gasteiger partial charge in [0.25, 0.3) is 5.91 Å². The van der Waals surface area contributed by atoms with E-state index in [-0.39, 0.29) is 5.91 Å². The average molecular weight is 338 g/mol. The highest BCUT2D eigenvalue weighted by molar-refractivity contribution is 9.09. The molecule has 0 bridgehead atoms. The minimum atomic E-state index is 0.200. The first-order valence-corrected chi connectivity index (χ1v) is 8.61. The summed E-state index contributed by atoms with van der Waals surface area (Å²) in [6, 6.07) is 8.15. The lowest BCUT2D eigenvalue weighted by Gasteiger charge is -2.31. The number of hydrogen-bond acceptors (Lipinski definition) is 2. The first kappa shape index (κ1) is 13.1. The average Bonchev–Trinajstić information content (AvgIpc) is 2.90. The Morgan fingerprint density at radius 3 is 2.79 bits per heavy atom. The standard InChI is InChI=1S/C15H16BrNOS/c16-9-11-5-7-17(8-6-11)15(18)13-10-19-14-4-2-1-3-12(13)14/h1-4,10-11H,5-9H2. The summed E-state index contributed by atoms with van der Waals surface area (Å²) in [4.78, 5) is 14.6. The topological polar surface area (TPSA) is 20.3 Å². The largest absolute Gasteiger partial charge is 0.339 e. The lowest BCUT2D eigenvalue weighted by Crippen LogP contribution is -2.38. The van der Waals surface area contributed by atoms with Crippen LogP contribution < -0.4 is 0 Å². The van der Waals surface area contributed by atoms with Crippen LogP contribution in [0.15, 0.2) is 29.6 Å². The fraction of sp³-hybridized carbons (Fsp3) is 0.400. The number of halogens is 1. The van der Waals surface area contributed by atoms with Crippen molar-refractivity contribution >= 4 is 43.3 Å². The molecule has 2 aromatic rings. The zero-order valence-corrected chi connectivity index (χ0v) is 13.0. The summed E-state index contributed by atoms with van der Waals surface area (Å²) < 4.78 is 1.20. The first-order chi connectivity index (χ1) is 9.29. The SMILES string of the molecule is O=C(c1csc2ccccc12)N1CCC(CBr)CC1. The van der Waals surface area contributed by atoms with Crippen molar-refractivity contribution in [2.45, 2.75) is 12.8 Å². The van der Waals surface area contributed by atoms with Crippen molar-refractivity contribution in [2.75, 3.05) is 18.4 Å². The molecule has 4 heteroatoms. The van der Waals surface area contributed by atoms with E-state index in [1.54, 1.807) is 11.3 Å². The fourth-order valence-electron chi connectivity index (χ4n) is 2.60. The molecular formula is C15H16BrNOS. The number of carbonyl (C=O) groups excluding carboxylic acids is 1. The molecule has 0 unspecified atom stereocenters. The second-order valence-corrected chi connectivity index (χ2v) is 6.59. The molecule has 1 aliphatic heterocycles. The summed E-state index contributed by atoms with van der Waals surface area (Å²) in [6.07, 6.45) is 2.22. The Hall–Kier alpha value is -0.870. The van der Waals surface area contributed by atoms with Crippen LogP contribution in [-0.4, -0.2) is 29.2 Å². The molecule has 0 saturated carbocycles. The maximum Gasteiger partial charge on any atom is 0.255 e. The second kappa shape index (κ2) is 5.63. The molecule has 0 spiro atoms. The van der Waals surface area contributed by atoms with Crippen LogP contribution in [0.4, 0.5) is 0 Å². The van der Waals surface area contributed by atoms with Crippen molar-refractivity contribution in [3.05, 3.63) is 35.2 Å². The predicted molar refractivity (Wildman–Crippen MR) is 84.2 cm³/mol. The Balaban J connectivity index is 1.81. The van der Waals surface area contributed by atoms with E-state index in [1.165, 1.54) is 4.70 Å². The van der Waals surface area contributed by atoms with Gasteiger partial charge < -0.3 is 4.90 Å². The second-order valence-electron chi connectivity index (χ2n) is 5.04. The molecule has 0 N–H and O–H groups in total. The normalized spacial score (nSPS) is 17.0. The van der Waals surface area contributed by atoms with E-state index in [0.29, 0.717) is 0 Å². The quantitative estimate of drug-likeness (QED) is 0.754. The van der Waals surface area contributed by atoms with Crippen molar-refractivity contribution in [1.82, 2.24) is 4.90 Å². The van der Waals surface area contributed by atoms with Crippen LogP contribution in [0.2, 0.25) is 0 Å². The zero-order valence-electron chi connectivity index (χ0n) is 10.6. The van der Waals surface area contributed by atoms with Crippen LogP contribution in [0.5, 0.6) is 0 Å². The molecule has 1 aromatic heterocycles. The lowest BCUT2D eigenvalue weighted by molar-refractivity contribution is 0.0701. The summed E-state index contributed by atoms with van der Waals surface area (Å²) in [5.41, 5.74) is 0.873. The van der Waals surface area contributed by atoms with E-state index in [0.717, 1.165) is 48.1 Å². The van der Waals surface area contributed by atoms with E-state index >= 15 is 0 Å². The molecule has 0 radical (unpaired) electrons. The van der Waals surface area contributed by atoms with Crippen LogP contribution in [-0.2, 0) is 0 Å². The van der Waals surface area contributed by atoms with Gasteiger partial charge >= 0.3 is 0 Å². The molecule has 19 heavy (non-hydrogen) atoms. The van der Waals surface area contributed by atoms with Gasteiger partial charge in [0.15, 0.2) is 0 Å². The Kier molecular flexibility index (Phi) is 3.89. The van der Waals surface area contributed by atoms with E-state index in [2.05, 4.69) is 22.0 Å². The Morgan fingerprint density at radius 2 is 2.05 bits per heavy atom. The third kappa shape index (κ3) is 2.56. The Bertz CT molecular complexity index is 587. The molecule has 100 valence electrons. The number of piperidine rings is 1. The van der Waals surface area contributed by atoms with Crippen molar-refractivity contribution in [3.8, 4) is 0 Å². The first-order valence-electron chi connectivity index (χ1n) is 6.61. The van der Waals surface area contributed by atoms with Gasteiger partial charge in [-0.05, 0) is 24.8 Å². The van der Waals surface area contributed by atoms with Gasteiger partial charge in [0.2, 0.25) is 0 Å². The molecule has 1 amide bonds. The monoisotopic (exact) mass is 337 g/mol. The summed E-state index contributed by atoms with van der Waals surface area (Å²) in [6.45, 7) is 1.78. The number of hydrogen-bond donors (Lipinski definition) is 0. The number of fused-ring (bicyclic) bond motifs is 1. The Morgan fingerprint density at radius 1 is 1.32 bits per heavy atom. The minimum absolute atomic E-state index is 0.200. The zero-order chi connectivity index (χ0) is 13.2. The van der Waals surface area contributed by atoms with Gasteiger partial charge in [0, 0.05) is 33.9 Å². The van der Waals surface area contributed by atoms with Crippen molar-refractivity contribution in [2.24, 2.45) is 5.92 Å². The lowest BCUT2D eigenvalue weighted by atomic mass is 9.98. The van der Waals surface area contributed by atoms with Crippen molar-refractivity contribution in [1.29, 1.82) is 0 Å². The molecule has 1 fully saturated rings. The highest BCUT2D eigenvalue weighted by atomic mass is 79.9. The Labute approximate surface area is 125 Å². The van der Waals surface area contributed by atoms with Crippen LogP contribution in [0.1, 0.15) is 23.2 Å². The molecule has 1 aliphatic rings. The number of rotatable bonds is 2. The molecule has 2 nitrogen and oxygen atoms in total. The summed E-state index contributed by atoms with van der Waals surface area (Å²) >= 11 is 5.19. The number of likely N-dealkylation sites (tertiary alicyclic amines) is 1. The smallest absolute Gasteiger partial charge is 0.255 e. The molecule has 1 saturated heterocycles. The van der Waals surface area contributed by atoms with Gasteiger partial charge in [-0.1, -0.05) is 34.1 Å². The van der Waals surface area contributed by atoms with E-state index in [1.807, 2.05) is 28.5 Å². The van der Waals surface area contributed by atoms with Gasteiger partial charge in [-0.3, -0.25) is 4.79 Å². The van der Waals surface area contributed by atoms with Gasteiger partial charge in [-0.2, -0.15) is 0 Å². The highest BCUT2D eigenvalue weighted by Crippen LogP contribution is 2.28. The van der Waals surface area contributed by atoms with Gasteiger partial charge in [0.1, 0.15) is 0 Å². The fourth-order valence-corrected chi connectivity index (χ4v) is 4.19. The molecule has 1 aromatic carbocycles. The van der Waals surface area contributed by atoms with Crippen molar-refractivity contribution < 1.29 is 4.79 Å². The molecular weight excluding hydrogens is 322 g/mol. The number of thiophene rings is 1. The summed E-state index contributed by atoms with van der Waals surface area (Å²) in [5.74, 6) is 0.925. The number of alkyl halides is 1. The number of benzene rings is 1. The molecule has 0 aliphatic carbocycles. The minimum Gasteiger partial charge on any atom is -0.339 e. The molecule has 3 rings (SSSR count). The van der Waals surface area contributed by atoms with Gasteiger partial charge in [0.05, 0.1) is 5.56 Å². The molecule has 2 heterocycles. The van der Waals surface area contributed by atoms with Crippen LogP contribution in [0.25, 0.3) is 10.1 Å². The van der Waals surface area contributed by atoms with Gasteiger partial charge in [-0.25, -0.2) is 0 Å². The van der Waals surface area contributed by atoms with Crippen LogP contribution >= 0.6 is 27.3 Å². The van der Waals surface area contributed by atoms with E-state index in [9.17, 15) is 4.79 Å². The highest BCUT2D eigenvalue weighted by Gasteiger charge is 2.24. The van der Waals surface area contributed by atoms with Gasteiger partial charge in [-0.15, -0.1) is 11.3 Å². The van der Waals surface area contributed by atoms with E-state index in [4.69, 9.17) is 0 Å². The number of nitrogens with zero attached hydrogens (tertiary/aromatic N) is 1. The summed E-state index contributed by atoms with van der Waals surface area (Å²) in [5, 5.41) is 4.15. The number of carbonyl (C=O) groups is 1. The summed E-state index contributed by atoms with van der Waals surface area (Å²) in [7, 11) is 0. The van der Waals surface area contributed by atoms with Crippen LogP contribution in [0.3, 0.4) is 0 Å². The predicted octanol–water partition coefficient (Wildman–Crippen LogP) is 4.15. The maximum atomic E-state index is 12.6. The molecule has 0 atom stereocenters. The van der Waals surface area contributed by atoms with Crippen LogP contribution in [0, 0.1) is 5.92 Å². The van der Waals surface area contributed by atoms with Crippen molar-refractivity contribution in [3.63, 3.8) is 0 Å².